The van der Waals surface area contributed by atoms with Gasteiger partial charge in [-0.1, -0.05) is 0 Å². The van der Waals surface area contributed by atoms with Gasteiger partial charge in [0.15, 0.2) is 0 Å². The summed E-state index contributed by atoms with van der Waals surface area (Å²) in [5.41, 5.74) is 0. The molecule has 0 spiro atoms. The molecular formula is C4H7NO5. The van der Waals surface area contributed by atoms with Gasteiger partial charge in [-0.2, -0.15) is 0 Å². The Morgan fingerprint density at radius 2 is 2.10 bits per heavy atom. The Kier molecular flexibility index (Phi) is 3.20. The highest BCUT2D eigenvalue weighted by Gasteiger charge is 2.15. The van der Waals surface area contributed by atoms with Crippen molar-refractivity contribution in [3.8, 4) is 0 Å². The number of amides is 1. The van der Waals surface area contributed by atoms with Crippen molar-refractivity contribution >= 4 is 12.1 Å². The molecule has 0 aromatic rings. The number of carboxylic acid groups (broad SMARTS) is 1. The Labute approximate surface area is 56.4 Å². The molecule has 0 radical (unpaired) electrons. The molecule has 3 N–H and O–H groups in total. The van der Waals surface area contributed by atoms with Gasteiger partial charge in [-0.3, -0.25) is 5.32 Å². The molecule has 6 nitrogen and oxygen atoms in total. The second kappa shape index (κ2) is 3.67. The summed E-state index contributed by atoms with van der Waals surface area (Å²) in [7, 11) is 1.06. The molecule has 0 aromatic heterocycles. The molecule has 0 aliphatic carbocycles. The number of aliphatic hydroxyl groups is 1. The fourth-order valence-electron chi connectivity index (χ4n) is 0.232. The number of nitrogens with one attached hydrogen (secondary N) is 1. The second-order valence-electron chi connectivity index (χ2n) is 1.38. The van der Waals surface area contributed by atoms with Crippen molar-refractivity contribution in [3.63, 3.8) is 0 Å². The van der Waals surface area contributed by atoms with Crippen LogP contribution in [0.25, 0.3) is 0 Å². The maximum atomic E-state index is 10.2. The summed E-state index contributed by atoms with van der Waals surface area (Å²) in [6, 6.07) is 0. The SMILES string of the molecule is COC(=O)N[C@@H](O)C(=O)O. The lowest BCUT2D eigenvalue weighted by Crippen LogP contribution is -2.40. The van der Waals surface area contributed by atoms with Crippen LogP contribution in [0.15, 0.2) is 0 Å². The molecular weight excluding hydrogens is 142 g/mol. The topological polar surface area (TPSA) is 95.9 Å². The molecule has 0 heterocycles. The average molecular weight is 149 g/mol. The third kappa shape index (κ3) is 2.88. The molecule has 6 heteroatoms. The summed E-state index contributed by atoms with van der Waals surface area (Å²) in [4.78, 5) is 20.0. The van der Waals surface area contributed by atoms with E-state index in [4.69, 9.17) is 10.2 Å². The first kappa shape index (κ1) is 8.70. The van der Waals surface area contributed by atoms with E-state index in [2.05, 4.69) is 4.74 Å². The Hall–Kier alpha value is -1.30. The summed E-state index contributed by atoms with van der Waals surface area (Å²) in [6.45, 7) is 0. The summed E-state index contributed by atoms with van der Waals surface area (Å²) in [6.07, 6.45) is -2.90. The molecule has 0 aliphatic heterocycles. The molecule has 0 rings (SSSR count). The van der Waals surface area contributed by atoms with E-state index in [-0.39, 0.29) is 0 Å². The highest BCUT2D eigenvalue weighted by atomic mass is 16.5. The number of carboxylic acids is 1. The number of carbonyl (C=O) groups excluding carboxylic acids is 1. The third-order valence-corrected chi connectivity index (χ3v) is 0.674. The number of methoxy groups -OCH3 is 1. The van der Waals surface area contributed by atoms with Gasteiger partial charge in [0.1, 0.15) is 0 Å². The first-order chi connectivity index (χ1) is 4.57. The Morgan fingerprint density at radius 1 is 1.60 bits per heavy atom. The van der Waals surface area contributed by atoms with Gasteiger partial charge in [0.05, 0.1) is 7.11 Å². The van der Waals surface area contributed by atoms with E-state index in [1.165, 1.54) is 0 Å². The molecule has 1 atom stereocenters. The highest BCUT2D eigenvalue weighted by Crippen LogP contribution is 1.78. The van der Waals surface area contributed by atoms with Crippen LogP contribution < -0.4 is 5.32 Å². The Balaban J connectivity index is 3.68. The zero-order valence-electron chi connectivity index (χ0n) is 5.20. The van der Waals surface area contributed by atoms with E-state index >= 15 is 0 Å². The van der Waals surface area contributed by atoms with E-state index in [1.54, 1.807) is 5.32 Å². The molecule has 0 saturated carbocycles. The van der Waals surface area contributed by atoms with Gasteiger partial charge in [0, 0.05) is 0 Å². The van der Waals surface area contributed by atoms with Crippen molar-refractivity contribution in [2.24, 2.45) is 0 Å². The zero-order chi connectivity index (χ0) is 8.15. The predicted octanol–water partition coefficient (Wildman–Crippen LogP) is -1.25. The van der Waals surface area contributed by atoms with Crippen LogP contribution in [0.4, 0.5) is 4.79 Å². The largest absolute Gasteiger partial charge is 0.478 e. The lowest BCUT2D eigenvalue weighted by atomic mass is 10.6. The van der Waals surface area contributed by atoms with E-state index in [0.717, 1.165) is 7.11 Å². The smallest absolute Gasteiger partial charge is 0.409 e. The predicted molar refractivity (Wildman–Crippen MR) is 29.2 cm³/mol. The fourth-order valence-corrected chi connectivity index (χ4v) is 0.232. The number of rotatable bonds is 2. The summed E-state index contributed by atoms with van der Waals surface area (Å²) < 4.78 is 4.00. The van der Waals surface area contributed by atoms with Crippen LogP contribution >= 0.6 is 0 Å². The van der Waals surface area contributed by atoms with Gasteiger partial charge < -0.3 is 14.9 Å². The molecule has 58 valence electrons. The van der Waals surface area contributed by atoms with Crippen LogP contribution in [-0.2, 0) is 9.53 Å². The molecule has 1 amide bonds. The van der Waals surface area contributed by atoms with E-state index in [0.29, 0.717) is 0 Å². The minimum atomic E-state index is -1.91. The van der Waals surface area contributed by atoms with Gasteiger partial charge in [0.2, 0.25) is 6.23 Å². The average Bonchev–Trinajstić information content (AvgIpc) is 1.87. The van der Waals surface area contributed by atoms with Crippen LogP contribution in [0.5, 0.6) is 0 Å². The van der Waals surface area contributed by atoms with E-state index in [9.17, 15) is 9.59 Å². The number of hydrogen-bond acceptors (Lipinski definition) is 4. The van der Waals surface area contributed by atoms with Gasteiger partial charge in [0.25, 0.3) is 0 Å². The third-order valence-electron chi connectivity index (χ3n) is 0.674. The first-order valence-corrected chi connectivity index (χ1v) is 2.33. The molecule has 0 aliphatic rings. The maximum absolute atomic E-state index is 10.2. The van der Waals surface area contributed by atoms with E-state index < -0.39 is 18.3 Å². The Morgan fingerprint density at radius 3 is 2.40 bits per heavy atom. The van der Waals surface area contributed by atoms with Crippen LogP contribution in [0.2, 0.25) is 0 Å². The minimum absolute atomic E-state index is 0.991. The highest BCUT2D eigenvalue weighted by molar-refractivity contribution is 5.78. The molecule has 0 fully saturated rings. The lowest BCUT2D eigenvalue weighted by molar-refractivity contribution is -0.147. The number of ether oxygens (including phenoxy) is 1. The normalized spacial score (nSPS) is 11.8. The lowest BCUT2D eigenvalue weighted by Gasteiger charge is -2.05. The van der Waals surface area contributed by atoms with Crippen LogP contribution in [0, 0.1) is 0 Å². The number of aliphatic hydroxyl groups excluding tert-OH is 1. The standard InChI is InChI=1S/C4H7NO5/c1-10-4(9)5-2(6)3(7)8/h2,6H,1H3,(H,5,9)(H,7,8)/t2-/m0/s1. The van der Waals surface area contributed by atoms with Crippen molar-refractivity contribution in [1.82, 2.24) is 5.32 Å². The minimum Gasteiger partial charge on any atom is -0.478 e. The number of aliphatic carboxylic acids is 1. The van der Waals surface area contributed by atoms with Crippen LogP contribution in [0.1, 0.15) is 0 Å². The van der Waals surface area contributed by atoms with Crippen LogP contribution in [-0.4, -0.2) is 35.6 Å². The van der Waals surface area contributed by atoms with Gasteiger partial charge in [-0.25, -0.2) is 9.59 Å². The monoisotopic (exact) mass is 149 g/mol. The van der Waals surface area contributed by atoms with E-state index in [1.807, 2.05) is 0 Å². The molecule has 10 heavy (non-hydrogen) atoms. The number of alkyl carbamates (subject to hydrolysis) is 1. The molecule has 0 bridgehead atoms. The summed E-state index contributed by atoms with van der Waals surface area (Å²) >= 11 is 0. The van der Waals surface area contributed by atoms with Crippen molar-refractivity contribution in [2.45, 2.75) is 6.23 Å². The van der Waals surface area contributed by atoms with Crippen molar-refractivity contribution < 1.29 is 24.5 Å². The van der Waals surface area contributed by atoms with Crippen molar-refractivity contribution in [3.05, 3.63) is 0 Å². The van der Waals surface area contributed by atoms with Crippen molar-refractivity contribution in [1.29, 1.82) is 0 Å². The summed E-state index contributed by atoms with van der Waals surface area (Å²) in [5.74, 6) is -1.54. The molecule has 0 unspecified atom stereocenters. The first-order valence-electron chi connectivity index (χ1n) is 2.33. The van der Waals surface area contributed by atoms with Crippen molar-refractivity contribution in [2.75, 3.05) is 7.11 Å². The second-order valence-corrected chi connectivity index (χ2v) is 1.38. The van der Waals surface area contributed by atoms with Crippen LogP contribution in [0.3, 0.4) is 0 Å². The fraction of sp³-hybridized carbons (Fsp3) is 0.500. The van der Waals surface area contributed by atoms with Gasteiger partial charge in [-0.05, 0) is 0 Å². The molecule has 0 aromatic carbocycles. The molecule has 0 saturated heterocycles. The quantitative estimate of drug-likeness (QED) is 0.426. The maximum Gasteiger partial charge on any atom is 0.409 e. The summed E-state index contributed by atoms with van der Waals surface area (Å²) in [5, 5.41) is 18.0. The number of carbonyl (C=O) groups is 2. The van der Waals surface area contributed by atoms with Gasteiger partial charge >= 0.3 is 12.1 Å². The Bertz CT molecular complexity index is 145. The number of hydrogen-bond donors (Lipinski definition) is 3. The zero-order valence-corrected chi connectivity index (χ0v) is 5.20. The van der Waals surface area contributed by atoms with Gasteiger partial charge in [-0.15, -0.1) is 0 Å².